The highest BCUT2D eigenvalue weighted by molar-refractivity contribution is 5.58. The molecule has 5 heteroatoms. The Morgan fingerprint density at radius 3 is 2.95 bits per heavy atom. The molecule has 22 heavy (non-hydrogen) atoms. The van der Waals surface area contributed by atoms with E-state index in [-0.39, 0.29) is 11.9 Å². The van der Waals surface area contributed by atoms with Crippen LogP contribution >= 0.6 is 0 Å². The number of benzene rings is 1. The minimum absolute atomic E-state index is 0.267. The maximum absolute atomic E-state index is 14.1. The second kappa shape index (κ2) is 6.30. The molecular weight excluding hydrogens is 279 g/mol. The van der Waals surface area contributed by atoms with Crippen LogP contribution in [0.25, 0.3) is 0 Å². The van der Waals surface area contributed by atoms with Gasteiger partial charge in [0, 0.05) is 24.8 Å². The van der Waals surface area contributed by atoms with Crippen molar-refractivity contribution in [3.8, 4) is 0 Å². The van der Waals surface area contributed by atoms with Gasteiger partial charge in [-0.1, -0.05) is 25.1 Å². The average Bonchev–Trinajstić information content (AvgIpc) is 2.98. The van der Waals surface area contributed by atoms with Crippen LogP contribution in [0.15, 0.2) is 30.6 Å². The van der Waals surface area contributed by atoms with Crippen LogP contribution in [0.3, 0.4) is 0 Å². The zero-order valence-corrected chi connectivity index (χ0v) is 13.0. The van der Waals surface area contributed by atoms with E-state index in [2.05, 4.69) is 51.4 Å². The number of anilines is 2. The number of hydrogen-bond donors (Lipinski definition) is 1. The van der Waals surface area contributed by atoms with Crippen molar-refractivity contribution in [2.75, 3.05) is 23.3 Å². The molecule has 2 aromatic rings. The number of rotatable bonds is 5. The largest absolute Gasteiger partial charge is 0.367 e. The third kappa shape index (κ3) is 2.75. The van der Waals surface area contributed by atoms with Gasteiger partial charge in [-0.2, -0.15) is 0 Å². The van der Waals surface area contributed by atoms with Crippen LogP contribution < -0.4 is 10.2 Å². The van der Waals surface area contributed by atoms with Crippen molar-refractivity contribution < 1.29 is 4.39 Å². The summed E-state index contributed by atoms with van der Waals surface area (Å²) in [6, 6.07) is 8.73. The molecule has 0 spiro atoms. The smallest absolute Gasteiger partial charge is 0.186 e. The molecule has 0 bridgehead atoms. The predicted octanol–water partition coefficient (Wildman–Crippen LogP) is 3.04. The molecule has 1 aromatic carbocycles. The van der Waals surface area contributed by atoms with Gasteiger partial charge in [0.25, 0.3) is 0 Å². The molecule has 2 heterocycles. The molecule has 0 saturated carbocycles. The SMILES string of the molecule is CCc1ncnc(NCC(C)N2CCc3ccccc32)c1F. The summed E-state index contributed by atoms with van der Waals surface area (Å²) in [5.74, 6) is -0.0368. The Morgan fingerprint density at radius 1 is 1.32 bits per heavy atom. The van der Waals surface area contributed by atoms with E-state index in [0.717, 1.165) is 13.0 Å². The average molecular weight is 300 g/mol. The first-order valence-electron chi connectivity index (χ1n) is 7.78. The Labute approximate surface area is 130 Å². The molecule has 0 radical (unpaired) electrons. The first-order valence-corrected chi connectivity index (χ1v) is 7.78. The monoisotopic (exact) mass is 300 g/mol. The Kier molecular flexibility index (Phi) is 4.22. The summed E-state index contributed by atoms with van der Waals surface area (Å²) >= 11 is 0. The lowest BCUT2D eigenvalue weighted by Gasteiger charge is -2.27. The molecule has 1 N–H and O–H groups in total. The van der Waals surface area contributed by atoms with E-state index in [1.165, 1.54) is 17.6 Å². The summed E-state index contributed by atoms with van der Waals surface area (Å²) in [5, 5.41) is 3.13. The van der Waals surface area contributed by atoms with Gasteiger partial charge in [-0.3, -0.25) is 0 Å². The lowest BCUT2D eigenvalue weighted by molar-refractivity contribution is 0.593. The van der Waals surface area contributed by atoms with Gasteiger partial charge in [-0.05, 0) is 31.4 Å². The molecule has 1 aliphatic heterocycles. The molecule has 0 saturated heterocycles. The Bertz CT molecular complexity index is 659. The number of halogens is 1. The maximum atomic E-state index is 14.1. The predicted molar refractivity (Wildman–Crippen MR) is 86.8 cm³/mol. The normalized spacial score (nSPS) is 14.8. The van der Waals surface area contributed by atoms with E-state index in [0.29, 0.717) is 24.5 Å². The summed E-state index contributed by atoms with van der Waals surface area (Å²) in [5.41, 5.74) is 3.13. The van der Waals surface area contributed by atoms with Gasteiger partial charge >= 0.3 is 0 Å². The van der Waals surface area contributed by atoms with Crippen molar-refractivity contribution >= 4 is 11.5 Å². The second-order valence-electron chi connectivity index (χ2n) is 5.64. The number of para-hydroxylation sites is 1. The van der Waals surface area contributed by atoms with Crippen molar-refractivity contribution in [3.05, 3.63) is 47.7 Å². The maximum Gasteiger partial charge on any atom is 0.186 e. The fraction of sp³-hybridized carbons (Fsp3) is 0.412. The third-order valence-corrected chi connectivity index (χ3v) is 4.22. The molecular formula is C17H21FN4. The first-order chi connectivity index (χ1) is 10.7. The molecule has 1 aliphatic rings. The van der Waals surface area contributed by atoms with Gasteiger partial charge in [-0.25, -0.2) is 14.4 Å². The molecule has 1 unspecified atom stereocenters. The molecule has 0 fully saturated rings. The van der Waals surface area contributed by atoms with E-state index >= 15 is 0 Å². The quantitative estimate of drug-likeness (QED) is 0.921. The molecule has 3 rings (SSSR count). The molecule has 1 aromatic heterocycles. The van der Waals surface area contributed by atoms with Crippen molar-refractivity contribution in [3.63, 3.8) is 0 Å². The Balaban J connectivity index is 1.68. The van der Waals surface area contributed by atoms with Crippen LogP contribution in [-0.2, 0) is 12.8 Å². The van der Waals surface area contributed by atoms with Gasteiger partial charge in [0.05, 0.1) is 5.69 Å². The van der Waals surface area contributed by atoms with Crippen LogP contribution in [0.1, 0.15) is 25.1 Å². The summed E-state index contributed by atoms with van der Waals surface area (Å²) in [6.07, 6.45) is 3.06. The van der Waals surface area contributed by atoms with Crippen molar-refractivity contribution in [1.29, 1.82) is 0 Å². The minimum atomic E-state index is -0.334. The minimum Gasteiger partial charge on any atom is -0.367 e. The van der Waals surface area contributed by atoms with Crippen LogP contribution in [0.4, 0.5) is 15.9 Å². The van der Waals surface area contributed by atoms with Crippen LogP contribution in [0, 0.1) is 5.82 Å². The van der Waals surface area contributed by atoms with Gasteiger partial charge < -0.3 is 10.2 Å². The van der Waals surface area contributed by atoms with Crippen molar-refractivity contribution in [2.45, 2.75) is 32.7 Å². The molecule has 0 amide bonds. The number of fused-ring (bicyclic) bond motifs is 1. The fourth-order valence-electron chi connectivity index (χ4n) is 2.95. The van der Waals surface area contributed by atoms with Crippen LogP contribution in [0.5, 0.6) is 0 Å². The van der Waals surface area contributed by atoms with E-state index in [4.69, 9.17) is 0 Å². The van der Waals surface area contributed by atoms with E-state index in [9.17, 15) is 4.39 Å². The van der Waals surface area contributed by atoms with Gasteiger partial charge in [-0.15, -0.1) is 0 Å². The lowest BCUT2D eigenvalue weighted by atomic mass is 10.2. The van der Waals surface area contributed by atoms with E-state index in [1.54, 1.807) is 0 Å². The summed E-state index contributed by atoms with van der Waals surface area (Å²) in [6.45, 7) is 5.69. The highest BCUT2D eigenvalue weighted by Gasteiger charge is 2.23. The molecule has 116 valence electrons. The number of nitrogens with one attached hydrogen (secondary N) is 1. The number of nitrogens with zero attached hydrogens (tertiary/aromatic N) is 3. The highest BCUT2D eigenvalue weighted by atomic mass is 19.1. The fourth-order valence-corrected chi connectivity index (χ4v) is 2.95. The van der Waals surface area contributed by atoms with E-state index < -0.39 is 0 Å². The first kappa shape index (κ1) is 14.8. The molecule has 1 atom stereocenters. The zero-order valence-electron chi connectivity index (χ0n) is 13.0. The lowest BCUT2D eigenvalue weighted by Crippen LogP contribution is -2.37. The van der Waals surface area contributed by atoms with Crippen molar-refractivity contribution in [2.24, 2.45) is 0 Å². The topological polar surface area (TPSA) is 41.1 Å². The Morgan fingerprint density at radius 2 is 2.14 bits per heavy atom. The van der Waals surface area contributed by atoms with Crippen LogP contribution in [-0.4, -0.2) is 29.1 Å². The highest BCUT2D eigenvalue weighted by Crippen LogP contribution is 2.29. The zero-order chi connectivity index (χ0) is 15.5. The summed E-state index contributed by atoms with van der Waals surface area (Å²) < 4.78 is 14.1. The third-order valence-electron chi connectivity index (χ3n) is 4.22. The summed E-state index contributed by atoms with van der Waals surface area (Å²) in [4.78, 5) is 10.3. The van der Waals surface area contributed by atoms with Gasteiger partial charge in [0.2, 0.25) is 0 Å². The summed E-state index contributed by atoms with van der Waals surface area (Å²) in [7, 11) is 0. The van der Waals surface area contributed by atoms with Crippen molar-refractivity contribution in [1.82, 2.24) is 9.97 Å². The van der Waals surface area contributed by atoms with Gasteiger partial charge in [0.15, 0.2) is 11.6 Å². The number of aromatic nitrogens is 2. The molecule has 4 nitrogen and oxygen atoms in total. The number of hydrogen-bond acceptors (Lipinski definition) is 4. The van der Waals surface area contributed by atoms with Gasteiger partial charge in [0.1, 0.15) is 6.33 Å². The van der Waals surface area contributed by atoms with Crippen LogP contribution in [0.2, 0.25) is 0 Å². The standard InChI is InChI=1S/C17H21FN4/c1-3-14-16(18)17(21-11-20-14)19-10-12(2)22-9-8-13-6-4-5-7-15(13)22/h4-7,11-12H,3,8-10H2,1-2H3,(H,19,20,21). The number of aryl methyl sites for hydroxylation is 1. The Hall–Kier alpha value is -2.17. The second-order valence-corrected chi connectivity index (χ2v) is 5.64. The van der Waals surface area contributed by atoms with E-state index in [1.807, 2.05) is 6.92 Å². The molecule has 0 aliphatic carbocycles.